The number of halogens is 3. The third-order valence-electron chi connectivity index (χ3n) is 4.63. The van der Waals surface area contributed by atoms with E-state index in [1.807, 2.05) is 0 Å². The number of carbonyl (C=O) groups is 1. The van der Waals surface area contributed by atoms with E-state index < -0.39 is 18.8 Å². The van der Waals surface area contributed by atoms with Crippen LogP contribution < -0.4 is 20.1 Å². The van der Waals surface area contributed by atoms with Crippen molar-refractivity contribution < 1.29 is 27.4 Å². The number of piperidine rings is 1. The summed E-state index contributed by atoms with van der Waals surface area (Å²) in [5.74, 6) is 0.859. The summed E-state index contributed by atoms with van der Waals surface area (Å²) in [7, 11) is 1.33. The van der Waals surface area contributed by atoms with Crippen LogP contribution in [0.4, 0.5) is 23.7 Å². The van der Waals surface area contributed by atoms with Gasteiger partial charge in [-0.25, -0.2) is 4.79 Å². The zero-order valence-corrected chi connectivity index (χ0v) is 16.3. The molecule has 2 N–H and O–H groups in total. The standard InChI is InChI=1S/C19H28F3N3O3/c1-14-6-10-25(11-7-14)9-3-8-23-18(26)24-15-4-5-16(27-2)17(12-15)28-13-19(20,21)22/h4-5,12,14H,3,6-11,13H2,1-2H3,(H2,23,24,26). The average molecular weight is 403 g/mol. The van der Waals surface area contributed by atoms with Gasteiger partial charge in [0.25, 0.3) is 0 Å². The van der Waals surface area contributed by atoms with Gasteiger partial charge in [0, 0.05) is 18.3 Å². The second-order valence-corrected chi connectivity index (χ2v) is 7.03. The highest BCUT2D eigenvalue weighted by atomic mass is 19.4. The molecule has 0 spiro atoms. The Morgan fingerprint density at radius 1 is 1.25 bits per heavy atom. The first kappa shape index (κ1) is 22.1. The topological polar surface area (TPSA) is 62.8 Å². The number of methoxy groups -OCH3 is 1. The molecule has 1 aromatic rings. The summed E-state index contributed by atoms with van der Waals surface area (Å²) in [6.45, 7) is 4.48. The monoisotopic (exact) mass is 403 g/mol. The maximum atomic E-state index is 12.4. The molecule has 2 amide bonds. The smallest absolute Gasteiger partial charge is 0.422 e. The summed E-state index contributed by atoms with van der Waals surface area (Å²) in [5, 5.41) is 5.35. The third kappa shape index (κ3) is 7.84. The van der Waals surface area contributed by atoms with Crippen LogP contribution in [-0.2, 0) is 0 Å². The Bertz CT molecular complexity index is 633. The minimum Gasteiger partial charge on any atom is -0.493 e. The summed E-state index contributed by atoms with van der Waals surface area (Å²) in [4.78, 5) is 14.4. The van der Waals surface area contributed by atoms with Gasteiger partial charge in [0.05, 0.1) is 7.11 Å². The number of carbonyl (C=O) groups excluding carboxylic acids is 1. The molecule has 0 radical (unpaired) electrons. The Balaban J connectivity index is 1.76. The third-order valence-corrected chi connectivity index (χ3v) is 4.63. The fraction of sp³-hybridized carbons (Fsp3) is 0.632. The Kier molecular flexibility index (Phi) is 8.22. The highest BCUT2D eigenvalue weighted by molar-refractivity contribution is 5.89. The van der Waals surface area contributed by atoms with E-state index >= 15 is 0 Å². The van der Waals surface area contributed by atoms with Gasteiger partial charge in [-0.05, 0) is 56.9 Å². The second-order valence-electron chi connectivity index (χ2n) is 7.03. The lowest BCUT2D eigenvalue weighted by Gasteiger charge is -2.30. The molecule has 2 rings (SSSR count). The van der Waals surface area contributed by atoms with Crippen molar-refractivity contribution in [2.75, 3.05) is 45.2 Å². The number of nitrogens with one attached hydrogen (secondary N) is 2. The van der Waals surface area contributed by atoms with Gasteiger partial charge in [0.15, 0.2) is 18.1 Å². The van der Waals surface area contributed by atoms with E-state index in [9.17, 15) is 18.0 Å². The van der Waals surface area contributed by atoms with E-state index in [-0.39, 0.29) is 11.5 Å². The van der Waals surface area contributed by atoms with E-state index in [1.54, 1.807) is 0 Å². The maximum absolute atomic E-state index is 12.4. The molecule has 0 unspecified atom stereocenters. The second kappa shape index (κ2) is 10.4. The highest BCUT2D eigenvalue weighted by Crippen LogP contribution is 2.31. The van der Waals surface area contributed by atoms with Crippen molar-refractivity contribution in [3.05, 3.63) is 18.2 Å². The summed E-state index contributed by atoms with van der Waals surface area (Å²) in [6.07, 6.45) is -1.20. The molecule has 0 saturated carbocycles. The van der Waals surface area contributed by atoms with Gasteiger partial charge in [-0.3, -0.25) is 0 Å². The number of rotatable bonds is 8. The number of alkyl halides is 3. The maximum Gasteiger partial charge on any atom is 0.422 e. The molecule has 6 nitrogen and oxygen atoms in total. The Morgan fingerprint density at radius 3 is 2.61 bits per heavy atom. The number of hydrogen-bond donors (Lipinski definition) is 2. The van der Waals surface area contributed by atoms with Crippen LogP contribution in [0.3, 0.4) is 0 Å². The Labute approximate surface area is 163 Å². The number of hydrogen-bond acceptors (Lipinski definition) is 4. The predicted molar refractivity (Wildman–Crippen MR) is 101 cm³/mol. The van der Waals surface area contributed by atoms with E-state index in [4.69, 9.17) is 9.47 Å². The largest absolute Gasteiger partial charge is 0.493 e. The van der Waals surface area contributed by atoms with Gasteiger partial charge in [0.2, 0.25) is 0 Å². The molecule has 158 valence electrons. The van der Waals surface area contributed by atoms with Crippen molar-refractivity contribution >= 4 is 11.7 Å². The molecule has 1 fully saturated rings. The SMILES string of the molecule is COc1ccc(NC(=O)NCCCN2CCC(C)CC2)cc1OCC(F)(F)F. The van der Waals surface area contributed by atoms with Crippen LogP contribution in [-0.4, -0.2) is 57.0 Å². The molecule has 0 atom stereocenters. The molecule has 28 heavy (non-hydrogen) atoms. The number of likely N-dealkylation sites (tertiary alicyclic amines) is 1. The van der Waals surface area contributed by atoms with Gasteiger partial charge >= 0.3 is 12.2 Å². The van der Waals surface area contributed by atoms with Crippen molar-refractivity contribution in [1.29, 1.82) is 0 Å². The summed E-state index contributed by atoms with van der Waals surface area (Å²) < 4.78 is 46.8. The van der Waals surface area contributed by atoms with Crippen LogP contribution in [0.25, 0.3) is 0 Å². The molecular weight excluding hydrogens is 375 g/mol. The van der Waals surface area contributed by atoms with Gasteiger partial charge in [-0.2, -0.15) is 13.2 Å². The molecule has 1 aromatic carbocycles. The number of nitrogens with zero attached hydrogens (tertiary/aromatic N) is 1. The number of anilines is 1. The quantitative estimate of drug-likeness (QED) is 0.647. The minimum absolute atomic E-state index is 0.0862. The molecular formula is C19H28F3N3O3. The molecule has 9 heteroatoms. The normalized spacial score (nSPS) is 15.9. The van der Waals surface area contributed by atoms with Crippen LogP contribution in [0.2, 0.25) is 0 Å². The van der Waals surface area contributed by atoms with Gasteiger partial charge in [0.1, 0.15) is 0 Å². The molecule has 0 bridgehead atoms. The molecule has 1 saturated heterocycles. The predicted octanol–water partition coefficient (Wildman–Crippen LogP) is 3.88. The Morgan fingerprint density at radius 2 is 1.96 bits per heavy atom. The minimum atomic E-state index is -4.46. The lowest BCUT2D eigenvalue weighted by Crippen LogP contribution is -2.36. The van der Waals surface area contributed by atoms with Gasteiger partial charge in [-0.1, -0.05) is 6.92 Å². The van der Waals surface area contributed by atoms with Crippen LogP contribution in [0.15, 0.2) is 18.2 Å². The van der Waals surface area contributed by atoms with Gasteiger partial charge < -0.3 is 25.0 Å². The number of benzene rings is 1. The lowest BCUT2D eigenvalue weighted by molar-refractivity contribution is -0.153. The molecule has 0 aliphatic carbocycles. The van der Waals surface area contributed by atoms with Crippen molar-refractivity contribution in [2.45, 2.75) is 32.4 Å². The summed E-state index contributed by atoms with van der Waals surface area (Å²) >= 11 is 0. The molecule has 1 heterocycles. The Hall–Kier alpha value is -2.16. The van der Waals surface area contributed by atoms with Crippen molar-refractivity contribution in [3.8, 4) is 11.5 Å². The lowest BCUT2D eigenvalue weighted by atomic mass is 9.99. The van der Waals surface area contributed by atoms with E-state index in [2.05, 4.69) is 22.5 Å². The van der Waals surface area contributed by atoms with Crippen LogP contribution in [0.1, 0.15) is 26.2 Å². The van der Waals surface area contributed by atoms with Crippen LogP contribution in [0.5, 0.6) is 11.5 Å². The van der Waals surface area contributed by atoms with E-state index in [0.717, 1.165) is 32.0 Å². The zero-order valence-electron chi connectivity index (χ0n) is 16.3. The van der Waals surface area contributed by atoms with Crippen molar-refractivity contribution in [2.24, 2.45) is 5.92 Å². The fourth-order valence-electron chi connectivity index (χ4n) is 2.99. The first-order valence-electron chi connectivity index (χ1n) is 9.41. The van der Waals surface area contributed by atoms with Crippen molar-refractivity contribution in [3.63, 3.8) is 0 Å². The van der Waals surface area contributed by atoms with Crippen molar-refractivity contribution in [1.82, 2.24) is 10.2 Å². The molecule has 1 aliphatic heterocycles. The molecule has 0 aromatic heterocycles. The first-order chi connectivity index (χ1) is 13.3. The number of amides is 2. The molecule has 1 aliphatic rings. The summed E-state index contributed by atoms with van der Waals surface area (Å²) in [6, 6.07) is 3.87. The summed E-state index contributed by atoms with van der Waals surface area (Å²) in [5.41, 5.74) is 0.320. The highest BCUT2D eigenvalue weighted by Gasteiger charge is 2.29. The van der Waals surface area contributed by atoms with E-state index in [0.29, 0.717) is 12.2 Å². The van der Waals surface area contributed by atoms with Gasteiger partial charge in [-0.15, -0.1) is 0 Å². The van der Waals surface area contributed by atoms with Crippen LogP contribution in [0, 0.1) is 5.92 Å². The first-order valence-corrected chi connectivity index (χ1v) is 9.41. The number of ether oxygens (including phenoxy) is 2. The average Bonchev–Trinajstić information content (AvgIpc) is 2.64. The zero-order chi connectivity index (χ0) is 20.6. The fourth-order valence-corrected chi connectivity index (χ4v) is 2.99. The number of urea groups is 1. The van der Waals surface area contributed by atoms with Crippen LogP contribution >= 0.6 is 0 Å². The van der Waals surface area contributed by atoms with E-state index in [1.165, 1.54) is 38.2 Å².